The molecule has 1 atom stereocenters. The highest BCUT2D eigenvalue weighted by Gasteiger charge is 2.18. The average molecular weight is 392 g/mol. The first-order chi connectivity index (χ1) is 12.9. The van der Waals surface area contributed by atoms with E-state index in [-0.39, 0.29) is 13.0 Å². The topological polar surface area (TPSA) is 73.9 Å². The Morgan fingerprint density at radius 2 is 1.85 bits per heavy atom. The van der Waals surface area contributed by atoms with Crippen molar-refractivity contribution >= 4 is 29.2 Å². The minimum Gasteiger partial charge on any atom is -0.495 e. The molecule has 2 rings (SSSR count). The molecule has 1 N–H and O–H groups in total. The Morgan fingerprint density at radius 1 is 1.15 bits per heavy atom. The summed E-state index contributed by atoms with van der Waals surface area (Å²) in [5, 5.41) is 3.01. The van der Waals surface area contributed by atoms with Gasteiger partial charge in [-0.1, -0.05) is 29.3 Å². The van der Waals surface area contributed by atoms with Gasteiger partial charge in [-0.15, -0.1) is 0 Å². The van der Waals surface area contributed by atoms with E-state index in [0.717, 1.165) is 5.56 Å². The standard InChI is InChI=1S/C20H22ClNO5/c1-13-4-7-16(8-5-13)26-11-10-19(23)27-14(2)20(24)22-15-6-9-18(25-3)17(21)12-15/h4-9,12,14H,10-11H2,1-3H3,(H,22,24)/t14-/m0/s1. The summed E-state index contributed by atoms with van der Waals surface area (Å²) in [6, 6.07) is 12.3. The summed E-state index contributed by atoms with van der Waals surface area (Å²) in [5.41, 5.74) is 1.61. The molecule has 0 radical (unpaired) electrons. The number of halogens is 1. The molecule has 0 spiro atoms. The van der Waals surface area contributed by atoms with E-state index in [1.54, 1.807) is 18.2 Å². The molecule has 2 aromatic rings. The molecule has 0 bridgehead atoms. The fourth-order valence-electron chi connectivity index (χ4n) is 2.18. The molecule has 2 aromatic carbocycles. The number of amides is 1. The lowest BCUT2D eigenvalue weighted by Crippen LogP contribution is -2.30. The number of esters is 1. The van der Waals surface area contributed by atoms with Gasteiger partial charge < -0.3 is 19.5 Å². The van der Waals surface area contributed by atoms with E-state index in [0.29, 0.717) is 22.2 Å². The number of benzene rings is 2. The number of ether oxygens (including phenoxy) is 3. The Labute approximate surface area is 163 Å². The summed E-state index contributed by atoms with van der Waals surface area (Å²) in [4.78, 5) is 24.0. The van der Waals surface area contributed by atoms with Gasteiger partial charge in [-0.05, 0) is 44.2 Å². The second-order valence-electron chi connectivity index (χ2n) is 5.88. The van der Waals surface area contributed by atoms with Crippen LogP contribution >= 0.6 is 11.6 Å². The second-order valence-corrected chi connectivity index (χ2v) is 6.29. The number of carbonyl (C=O) groups excluding carboxylic acids is 2. The molecule has 0 fully saturated rings. The van der Waals surface area contributed by atoms with E-state index in [2.05, 4.69) is 5.32 Å². The minimum atomic E-state index is -0.947. The zero-order valence-electron chi connectivity index (χ0n) is 15.5. The molecular weight excluding hydrogens is 370 g/mol. The fourth-order valence-corrected chi connectivity index (χ4v) is 2.44. The quantitative estimate of drug-likeness (QED) is 0.688. The Hall–Kier alpha value is -2.73. The third-order valence-electron chi connectivity index (χ3n) is 3.69. The summed E-state index contributed by atoms with van der Waals surface area (Å²) >= 11 is 6.02. The van der Waals surface area contributed by atoms with Crippen LogP contribution in [0.2, 0.25) is 5.02 Å². The first kappa shape index (κ1) is 20.6. The average Bonchev–Trinajstić information content (AvgIpc) is 2.63. The number of hydrogen-bond acceptors (Lipinski definition) is 5. The van der Waals surface area contributed by atoms with Crippen LogP contribution in [0.5, 0.6) is 11.5 Å². The summed E-state index contributed by atoms with van der Waals surface area (Å²) in [7, 11) is 1.50. The number of aryl methyl sites for hydroxylation is 1. The number of anilines is 1. The van der Waals surface area contributed by atoms with Gasteiger partial charge in [0.25, 0.3) is 5.91 Å². The van der Waals surface area contributed by atoms with Crippen molar-refractivity contribution < 1.29 is 23.8 Å². The van der Waals surface area contributed by atoms with Crippen LogP contribution in [0, 0.1) is 6.92 Å². The van der Waals surface area contributed by atoms with E-state index in [1.807, 2.05) is 31.2 Å². The van der Waals surface area contributed by atoms with Crippen molar-refractivity contribution in [3.63, 3.8) is 0 Å². The van der Waals surface area contributed by atoms with Crippen LogP contribution in [0.3, 0.4) is 0 Å². The third-order valence-corrected chi connectivity index (χ3v) is 3.99. The van der Waals surface area contributed by atoms with Crippen molar-refractivity contribution in [2.75, 3.05) is 19.0 Å². The predicted molar refractivity (Wildman–Crippen MR) is 103 cm³/mol. The van der Waals surface area contributed by atoms with E-state index < -0.39 is 18.0 Å². The Bertz CT molecular complexity index is 791. The van der Waals surface area contributed by atoms with Gasteiger partial charge in [0.05, 0.1) is 25.2 Å². The van der Waals surface area contributed by atoms with Crippen LogP contribution in [0.1, 0.15) is 18.9 Å². The maximum absolute atomic E-state index is 12.1. The fraction of sp³-hybridized carbons (Fsp3) is 0.300. The van der Waals surface area contributed by atoms with Crippen molar-refractivity contribution in [1.29, 1.82) is 0 Å². The SMILES string of the molecule is COc1ccc(NC(=O)[C@H](C)OC(=O)CCOc2ccc(C)cc2)cc1Cl. The van der Waals surface area contributed by atoms with Crippen LogP contribution in [0.25, 0.3) is 0 Å². The predicted octanol–water partition coefficient (Wildman–Crippen LogP) is 4.00. The third kappa shape index (κ3) is 6.49. The van der Waals surface area contributed by atoms with Crippen molar-refractivity contribution in [2.24, 2.45) is 0 Å². The second kappa shape index (κ2) is 9.83. The van der Waals surface area contributed by atoms with E-state index >= 15 is 0 Å². The normalized spacial score (nSPS) is 11.4. The lowest BCUT2D eigenvalue weighted by molar-refractivity contribution is -0.153. The zero-order valence-corrected chi connectivity index (χ0v) is 16.2. The van der Waals surface area contributed by atoms with Crippen LogP contribution in [0.15, 0.2) is 42.5 Å². The van der Waals surface area contributed by atoms with Crippen LogP contribution in [0.4, 0.5) is 5.69 Å². The number of rotatable bonds is 8. The number of hydrogen-bond donors (Lipinski definition) is 1. The first-order valence-electron chi connectivity index (χ1n) is 8.42. The van der Waals surface area contributed by atoms with Gasteiger partial charge in [-0.25, -0.2) is 0 Å². The number of nitrogens with one attached hydrogen (secondary N) is 1. The Morgan fingerprint density at radius 3 is 2.48 bits per heavy atom. The van der Waals surface area contributed by atoms with E-state index in [1.165, 1.54) is 14.0 Å². The van der Waals surface area contributed by atoms with Crippen molar-refractivity contribution in [1.82, 2.24) is 0 Å². The largest absolute Gasteiger partial charge is 0.495 e. The van der Waals surface area contributed by atoms with Gasteiger partial charge in [0.15, 0.2) is 6.10 Å². The number of methoxy groups -OCH3 is 1. The molecule has 0 aliphatic heterocycles. The maximum Gasteiger partial charge on any atom is 0.310 e. The molecular formula is C20H22ClNO5. The molecule has 0 aliphatic rings. The van der Waals surface area contributed by atoms with Gasteiger partial charge in [0.1, 0.15) is 11.5 Å². The molecule has 0 unspecified atom stereocenters. The van der Waals surface area contributed by atoms with Gasteiger partial charge in [-0.2, -0.15) is 0 Å². The molecule has 0 saturated carbocycles. The molecule has 0 aliphatic carbocycles. The van der Waals surface area contributed by atoms with Crippen molar-refractivity contribution in [3.8, 4) is 11.5 Å². The van der Waals surface area contributed by atoms with Crippen molar-refractivity contribution in [3.05, 3.63) is 53.1 Å². The lowest BCUT2D eigenvalue weighted by Gasteiger charge is -2.14. The van der Waals surface area contributed by atoms with Gasteiger partial charge in [-0.3, -0.25) is 9.59 Å². The highest BCUT2D eigenvalue weighted by atomic mass is 35.5. The molecule has 0 heterocycles. The molecule has 0 saturated heterocycles. The zero-order chi connectivity index (χ0) is 19.8. The molecule has 7 heteroatoms. The van der Waals surface area contributed by atoms with Gasteiger partial charge in [0, 0.05) is 5.69 Å². The van der Waals surface area contributed by atoms with Crippen molar-refractivity contribution in [2.45, 2.75) is 26.4 Å². The smallest absolute Gasteiger partial charge is 0.310 e. The number of carbonyl (C=O) groups is 2. The Kier molecular flexibility index (Phi) is 7.49. The monoisotopic (exact) mass is 391 g/mol. The molecule has 144 valence electrons. The highest BCUT2D eigenvalue weighted by molar-refractivity contribution is 6.32. The summed E-state index contributed by atoms with van der Waals surface area (Å²) < 4.78 is 15.7. The van der Waals surface area contributed by atoms with E-state index in [4.69, 9.17) is 25.8 Å². The van der Waals surface area contributed by atoms with Gasteiger partial charge >= 0.3 is 5.97 Å². The highest BCUT2D eigenvalue weighted by Crippen LogP contribution is 2.27. The Balaban J connectivity index is 1.76. The molecule has 6 nitrogen and oxygen atoms in total. The van der Waals surface area contributed by atoms with E-state index in [9.17, 15) is 9.59 Å². The van der Waals surface area contributed by atoms with Crippen LogP contribution < -0.4 is 14.8 Å². The summed E-state index contributed by atoms with van der Waals surface area (Å²) in [5.74, 6) is 0.208. The lowest BCUT2D eigenvalue weighted by atomic mass is 10.2. The minimum absolute atomic E-state index is 0.0415. The first-order valence-corrected chi connectivity index (χ1v) is 8.80. The van der Waals surface area contributed by atoms with Crippen LogP contribution in [-0.4, -0.2) is 31.7 Å². The van der Waals surface area contributed by atoms with Gasteiger partial charge in [0.2, 0.25) is 0 Å². The molecule has 1 amide bonds. The summed E-state index contributed by atoms with van der Waals surface area (Å²) in [6.07, 6.45) is -0.905. The molecule has 27 heavy (non-hydrogen) atoms. The summed E-state index contributed by atoms with van der Waals surface area (Å²) in [6.45, 7) is 3.65. The van der Waals surface area contributed by atoms with Crippen LogP contribution in [-0.2, 0) is 14.3 Å². The molecule has 0 aromatic heterocycles. The maximum atomic E-state index is 12.1.